The third kappa shape index (κ3) is 4.23. The first-order chi connectivity index (χ1) is 16.6. The highest BCUT2D eigenvalue weighted by Crippen LogP contribution is 2.31. The lowest BCUT2D eigenvalue weighted by atomic mass is 10.0. The monoisotopic (exact) mass is 460 g/mol. The molecule has 34 heavy (non-hydrogen) atoms. The number of nitrogens with zero attached hydrogens (tertiary/aromatic N) is 6. The number of carbonyl (C=O) groups is 1. The summed E-state index contributed by atoms with van der Waals surface area (Å²) in [7, 11) is 1.63. The number of hydrogen-bond acceptors (Lipinski definition) is 6. The second-order valence-corrected chi connectivity index (χ2v) is 9.33. The smallest absolute Gasteiger partial charge is 0.257 e. The molecule has 1 aromatic carbocycles. The molecule has 2 aliphatic rings. The van der Waals surface area contributed by atoms with Crippen molar-refractivity contribution in [2.45, 2.75) is 45.8 Å². The molecule has 0 N–H and O–H groups in total. The van der Waals surface area contributed by atoms with Crippen LogP contribution in [-0.2, 0) is 24.2 Å². The van der Waals surface area contributed by atoms with Crippen molar-refractivity contribution in [1.82, 2.24) is 29.5 Å². The fourth-order valence-corrected chi connectivity index (χ4v) is 4.97. The third-order valence-electron chi connectivity index (χ3n) is 6.92. The van der Waals surface area contributed by atoms with Gasteiger partial charge in [-0.15, -0.1) is 0 Å². The summed E-state index contributed by atoms with van der Waals surface area (Å²) in [6.45, 7) is 7.81. The van der Waals surface area contributed by atoms with Crippen molar-refractivity contribution in [2.75, 3.05) is 33.3 Å². The summed E-state index contributed by atoms with van der Waals surface area (Å²) in [6.07, 6.45) is 6.59. The zero-order valence-corrected chi connectivity index (χ0v) is 20.2. The van der Waals surface area contributed by atoms with Gasteiger partial charge in [-0.1, -0.05) is 24.3 Å². The molecule has 0 atom stereocenters. The molecule has 1 aliphatic carbocycles. The summed E-state index contributed by atoms with van der Waals surface area (Å²) in [6, 6.07) is 8.91. The summed E-state index contributed by atoms with van der Waals surface area (Å²) in [5.74, 6) is 0.452. The summed E-state index contributed by atoms with van der Waals surface area (Å²) in [5.41, 5.74) is 5.79. The number of aryl methyl sites for hydroxylation is 2. The van der Waals surface area contributed by atoms with Crippen LogP contribution in [0.15, 0.2) is 36.7 Å². The minimum Gasteiger partial charge on any atom is -0.378 e. The molecule has 0 unspecified atom stereocenters. The van der Waals surface area contributed by atoms with Gasteiger partial charge in [0.05, 0.1) is 29.8 Å². The minimum absolute atomic E-state index is 0.0122. The summed E-state index contributed by atoms with van der Waals surface area (Å²) in [4.78, 5) is 27.3. The Morgan fingerprint density at radius 2 is 1.82 bits per heavy atom. The lowest BCUT2D eigenvalue weighted by Crippen LogP contribution is -2.50. The van der Waals surface area contributed by atoms with Gasteiger partial charge in [-0.25, -0.2) is 9.97 Å². The number of amides is 1. The van der Waals surface area contributed by atoms with E-state index >= 15 is 0 Å². The molecule has 3 heterocycles. The predicted octanol–water partition coefficient (Wildman–Crippen LogP) is 3.13. The molecule has 2 aromatic heterocycles. The highest BCUT2D eigenvalue weighted by molar-refractivity contribution is 5.95. The number of hydrogen-bond donors (Lipinski definition) is 0. The van der Waals surface area contributed by atoms with Crippen LogP contribution in [-0.4, -0.2) is 74.8 Å². The van der Waals surface area contributed by atoms with Crippen LogP contribution in [0.1, 0.15) is 47.4 Å². The van der Waals surface area contributed by atoms with Crippen LogP contribution < -0.4 is 0 Å². The van der Waals surface area contributed by atoms with E-state index in [1.54, 1.807) is 18.0 Å². The molecule has 8 heteroatoms. The Morgan fingerprint density at radius 3 is 2.59 bits per heavy atom. The SMILES string of the molecule is COCc1c(C(=O)N2CCN(C(C)C)CC2)cnn1-c1ncc2c(n1)-c1ccccc1CCC2. The highest BCUT2D eigenvalue weighted by Gasteiger charge is 2.28. The summed E-state index contributed by atoms with van der Waals surface area (Å²) < 4.78 is 7.13. The summed E-state index contributed by atoms with van der Waals surface area (Å²) in [5, 5.41) is 4.55. The molecule has 1 aliphatic heterocycles. The van der Waals surface area contributed by atoms with Gasteiger partial charge in [0.1, 0.15) is 0 Å². The molecule has 0 saturated carbocycles. The van der Waals surface area contributed by atoms with Crippen molar-refractivity contribution in [3.8, 4) is 17.2 Å². The van der Waals surface area contributed by atoms with Crippen LogP contribution in [0.25, 0.3) is 17.2 Å². The van der Waals surface area contributed by atoms with Crippen LogP contribution >= 0.6 is 0 Å². The first-order valence-corrected chi connectivity index (χ1v) is 12.1. The molecule has 1 fully saturated rings. The Bertz CT molecular complexity index is 1180. The van der Waals surface area contributed by atoms with E-state index in [-0.39, 0.29) is 12.5 Å². The molecule has 0 radical (unpaired) electrons. The van der Waals surface area contributed by atoms with E-state index in [9.17, 15) is 4.79 Å². The Balaban J connectivity index is 1.48. The second kappa shape index (κ2) is 9.64. The standard InChI is InChI=1S/C26H32N6O2/c1-18(2)30-11-13-31(14-12-30)25(33)22-16-28-32(23(22)17-34-3)26-27-15-20-9-6-8-19-7-4-5-10-21(19)24(20)29-26/h4-5,7,10,15-16,18H,6,8-9,11-14,17H2,1-3H3. The lowest BCUT2D eigenvalue weighted by Gasteiger charge is -2.36. The van der Waals surface area contributed by atoms with Crippen molar-refractivity contribution < 1.29 is 9.53 Å². The molecule has 8 nitrogen and oxygen atoms in total. The van der Waals surface area contributed by atoms with Gasteiger partial charge in [0.2, 0.25) is 0 Å². The number of ether oxygens (including phenoxy) is 1. The van der Waals surface area contributed by atoms with E-state index in [1.165, 1.54) is 5.56 Å². The van der Waals surface area contributed by atoms with Crippen LogP contribution in [0.2, 0.25) is 0 Å². The summed E-state index contributed by atoms with van der Waals surface area (Å²) >= 11 is 0. The van der Waals surface area contributed by atoms with Crippen molar-refractivity contribution in [1.29, 1.82) is 0 Å². The average Bonchev–Trinajstić information content (AvgIpc) is 3.18. The molecule has 178 valence electrons. The zero-order valence-electron chi connectivity index (χ0n) is 20.2. The average molecular weight is 461 g/mol. The maximum atomic E-state index is 13.4. The van der Waals surface area contributed by atoms with Gasteiger partial charge in [0.15, 0.2) is 0 Å². The fraction of sp³-hybridized carbons (Fsp3) is 0.462. The number of fused-ring (bicyclic) bond motifs is 3. The van der Waals surface area contributed by atoms with Crippen molar-refractivity contribution in [3.05, 3.63) is 59.0 Å². The van der Waals surface area contributed by atoms with Gasteiger partial charge in [0.25, 0.3) is 11.9 Å². The quantitative estimate of drug-likeness (QED) is 0.582. The van der Waals surface area contributed by atoms with Crippen molar-refractivity contribution >= 4 is 5.91 Å². The van der Waals surface area contributed by atoms with Crippen molar-refractivity contribution in [3.63, 3.8) is 0 Å². The Morgan fingerprint density at radius 1 is 1.06 bits per heavy atom. The molecule has 1 amide bonds. The Kier molecular flexibility index (Phi) is 6.43. The number of benzene rings is 1. The fourth-order valence-electron chi connectivity index (χ4n) is 4.97. The van der Waals surface area contributed by atoms with Crippen LogP contribution in [0.3, 0.4) is 0 Å². The lowest BCUT2D eigenvalue weighted by molar-refractivity contribution is 0.0591. The largest absolute Gasteiger partial charge is 0.378 e. The molecule has 5 rings (SSSR count). The highest BCUT2D eigenvalue weighted by atomic mass is 16.5. The van der Waals surface area contributed by atoms with E-state index in [0.717, 1.165) is 49.2 Å². The molecule has 3 aromatic rings. The number of methoxy groups -OCH3 is 1. The Labute approximate surface area is 200 Å². The molecule has 0 spiro atoms. The predicted molar refractivity (Wildman–Crippen MR) is 130 cm³/mol. The minimum atomic E-state index is -0.0122. The maximum absolute atomic E-state index is 13.4. The molecule has 0 bridgehead atoms. The van der Waals surface area contributed by atoms with Gasteiger partial charge < -0.3 is 9.64 Å². The maximum Gasteiger partial charge on any atom is 0.257 e. The zero-order chi connectivity index (χ0) is 23.7. The van der Waals surface area contributed by atoms with Gasteiger partial charge in [-0.2, -0.15) is 9.78 Å². The number of rotatable bonds is 5. The number of carbonyl (C=O) groups excluding carboxylic acids is 1. The molecular formula is C26H32N6O2. The van der Waals surface area contributed by atoms with E-state index in [2.05, 4.69) is 53.1 Å². The second-order valence-electron chi connectivity index (χ2n) is 9.33. The van der Waals surface area contributed by atoms with Gasteiger partial charge >= 0.3 is 0 Å². The van der Waals surface area contributed by atoms with Crippen LogP contribution in [0, 0.1) is 0 Å². The van der Waals surface area contributed by atoms with E-state index in [4.69, 9.17) is 9.72 Å². The number of aromatic nitrogens is 4. The topological polar surface area (TPSA) is 76.4 Å². The molecular weight excluding hydrogens is 428 g/mol. The van der Waals surface area contributed by atoms with Gasteiger partial charge in [-0.05, 0) is 44.2 Å². The first-order valence-electron chi connectivity index (χ1n) is 12.1. The third-order valence-corrected chi connectivity index (χ3v) is 6.92. The van der Waals surface area contributed by atoms with Crippen molar-refractivity contribution in [2.24, 2.45) is 0 Å². The van der Waals surface area contributed by atoms with Crippen LogP contribution in [0.4, 0.5) is 0 Å². The normalized spacial score (nSPS) is 16.3. The first kappa shape index (κ1) is 22.7. The van der Waals surface area contributed by atoms with Gasteiger partial charge in [-0.3, -0.25) is 9.69 Å². The van der Waals surface area contributed by atoms with E-state index in [0.29, 0.717) is 36.3 Å². The molecule has 1 saturated heterocycles. The number of piperazine rings is 1. The Hall–Kier alpha value is -3.10. The van der Waals surface area contributed by atoms with Gasteiger partial charge in [0, 0.05) is 51.1 Å². The van der Waals surface area contributed by atoms with E-state index in [1.807, 2.05) is 11.1 Å². The van der Waals surface area contributed by atoms with Crippen LogP contribution in [0.5, 0.6) is 0 Å². The van der Waals surface area contributed by atoms with E-state index < -0.39 is 0 Å².